The predicted octanol–water partition coefficient (Wildman–Crippen LogP) is 1.97. The normalized spacial score (nSPS) is 19.6. The Balaban J connectivity index is 2.46. The predicted molar refractivity (Wildman–Crippen MR) is 52.8 cm³/mol. The summed E-state index contributed by atoms with van der Waals surface area (Å²) < 4.78 is 25.7. The lowest BCUT2D eigenvalue weighted by Gasteiger charge is -2.30. The van der Waals surface area contributed by atoms with Gasteiger partial charge in [-0.3, -0.25) is 0 Å². The summed E-state index contributed by atoms with van der Waals surface area (Å²) in [5.74, 6) is -2.91. The molecule has 0 heterocycles. The van der Waals surface area contributed by atoms with E-state index in [2.05, 4.69) is 0 Å². The molecule has 1 fully saturated rings. The Morgan fingerprint density at radius 3 is 2.24 bits per heavy atom. The van der Waals surface area contributed by atoms with Crippen LogP contribution in [0.25, 0.3) is 0 Å². The number of amides is 2. The molecule has 0 saturated heterocycles. The molecule has 0 aromatic heterocycles. The standard InChI is InChI=1S/C9H14F2N2O4/c10-9(11)3-1-6(2-4-9)5-13(8(16)17)12-7(14)15/h6,12H,1-5H2,(H,14,15)(H,16,17). The van der Waals surface area contributed by atoms with Gasteiger partial charge in [-0.15, -0.1) is 0 Å². The number of nitrogens with one attached hydrogen (secondary N) is 1. The third-order valence-electron chi connectivity index (χ3n) is 2.74. The maximum absolute atomic E-state index is 12.8. The number of rotatable bonds is 2. The molecular weight excluding hydrogens is 238 g/mol. The number of hydrogen-bond acceptors (Lipinski definition) is 2. The van der Waals surface area contributed by atoms with E-state index in [0.717, 1.165) is 0 Å². The molecule has 0 unspecified atom stereocenters. The van der Waals surface area contributed by atoms with E-state index in [4.69, 9.17) is 10.2 Å². The maximum Gasteiger partial charge on any atom is 0.426 e. The highest BCUT2D eigenvalue weighted by Crippen LogP contribution is 2.36. The quantitative estimate of drug-likeness (QED) is 0.655. The molecule has 0 spiro atoms. The van der Waals surface area contributed by atoms with E-state index in [0.29, 0.717) is 5.01 Å². The third kappa shape index (κ3) is 4.41. The van der Waals surface area contributed by atoms with Crippen LogP contribution in [0.1, 0.15) is 25.7 Å². The highest BCUT2D eigenvalue weighted by atomic mass is 19.3. The van der Waals surface area contributed by atoms with Crippen LogP contribution in [0.4, 0.5) is 18.4 Å². The molecule has 6 nitrogen and oxygen atoms in total. The summed E-state index contributed by atoms with van der Waals surface area (Å²) in [5, 5.41) is 17.6. The third-order valence-corrected chi connectivity index (χ3v) is 2.74. The van der Waals surface area contributed by atoms with Gasteiger partial charge in [0.1, 0.15) is 0 Å². The molecule has 3 N–H and O–H groups in total. The first-order chi connectivity index (χ1) is 7.80. The Morgan fingerprint density at radius 1 is 1.29 bits per heavy atom. The summed E-state index contributed by atoms with van der Waals surface area (Å²) in [6.07, 6.45) is -3.11. The van der Waals surface area contributed by atoms with Crippen molar-refractivity contribution in [1.29, 1.82) is 0 Å². The summed E-state index contributed by atoms with van der Waals surface area (Å²) in [4.78, 5) is 21.0. The molecule has 1 rings (SSSR count). The van der Waals surface area contributed by atoms with Crippen molar-refractivity contribution >= 4 is 12.2 Å². The van der Waals surface area contributed by atoms with E-state index < -0.39 is 18.1 Å². The van der Waals surface area contributed by atoms with Crippen LogP contribution in [-0.2, 0) is 0 Å². The van der Waals surface area contributed by atoms with Gasteiger partial charge in [0.05, 0.1) is 0 Å². The van der Waals surface area contributed by atoms with E-state index in [-0.39, 0.29) is 38.1 Å². The molecule has 1 aliphatic rings. The van der Waals surface area contributed by atoms with Crippen molar-refractivity contribution in [1.82, 2.24) is 10.4 Å². The van der Waals surface area contributed by atoms with Crippen LogP contribution in [0.3, 0.4) is 0 Å². The molecule has 0 radical (unpaired) electrons. The molecule has 0 aromatic carbocycles. The van der Waals surface area contributed by atoms with Crippen LogP contribution >= 0.6 is 0 Å². The monoisotopic (exact) mass is 252 g/mol. The second-order valence-electron chi connectivity index (χ2n) is 4.11. The zero-order valence-corrected chi connectivity index (χ0v) is 9.03. The first-order valence-electron chi connectivity index (χ1n) is 5.18. The van der Waals surface area contributed by atoms with Crippen LogP contribution in [0.2, 0.25) is 0 Å². The average molecular weight is 252 g/mol. The number of carboxylic acid groups (broad SMARTS) is 2. The lowest BCUT2D eigenvalue weighted by Crippen LogP contribution is -2.48. The van der Waals surface area contributed by atoms with Gasteiger partial charge in [-0.05, 0) is 18.8 Å². The fraction of sp³-hybridized carbons (Fsp3) is 0.778. The zero-order chi connectivity index (χ0) is 13.1. The van der Waals surface area contributed by atoms with Gasteiger partial charge >= 0.3 is 12.2 Å². The second kappa shape index (κ2) is 5.15. The SMILES string of the molecule is O=C(O)NN(CC1CCC(F)(F)CC1)C(=O)O. The Kier molecular flexibility index (Phi) is 4.08. The van der Waals surface area contributed by atoms with Gasteiger partial charge in [0.2, 0.25) is 5.92 Å². The summed E-state index contributed by atoms with van der Waals surface area (Å²) >= 11 is 0. The van der Waals surface area contributed by atoms with Crippen molar-refractivity contribution in [3.8, 4) is 0 Å². The fourth-order valence-electron chi connectivity index (χ4n) is 1.83. The molecule has 17 heavy (non-hydrogen) atoms. The summed E-state index contributed by atoms with van der Waals surface area (Å²) in [6.45, 7) is -0.0995. The lowest BCUT2D eigenvalue weighted by atomic mass is 9.87. The first kappa shape index (κ1) is 13.5. The number of alkyl halides is 2. The van der Waals surface area contributed by atoms with Gasteiger partial charge in [0.15, 0.2) is 0 Å². The molecule has 0 aliphatic heterocycles. The van der Waals surface area contributed by atoms with E-state index in [1.54, 1.807) is 5.43 Å². The molecule has 8 heteroatoms. The molecule has 1 saturated carbocycles. The molecule has 2 amide bonds. The van der Waals surface area contributed by atoms with Crippen LogP contribution in [0, 0.1) is 5.92 Å². The molecule has 0 aromatic rings. The van der Waals surface area contributed by atoms with Crippen LogP contribution < -0.4 is 5.43 Å². The van der Waals surface area contributed by atoms with Gasteiger partial charge in [-0.2, -0.15) is 0 Å². The topological polar surface area (TPSA) is 89.9 Å². The van der Waals surface area contributed by atoms with Crippen LogP contribution in [0.5, 0.6) is 0 Å². The van der Waals surface area contributed by atoms with Gasteiger partial charge < -0.3 is 10.2 Å². The Bertz CT molecular complexity index is 301. The maximum atomic E-state index is 12.8. The smallest absolute Gasteiger partial charge is 0.426 e. The minimum atomic E-state index is -2.68. The van der Waals surface area contributed by atoms with E-state index in [1.807, 2.05) is 0 Å². The molecule has 98 valence electrons. The van der Waals surface area contributed by atoms with Crippen molar-refractivity contribution in [3.05, 3.63) is 0 Å². The van der Waals surface area contributed by atoms with Crippen molar-refractivity contribution in [2.45, 2.75) is 31.6 Å². The Hall–Kier alpha value is -1.60. The van der Waals surface area contributed by atoms with Gasteiger partial charge in [-0.25, -0.2) is 28.8 Å². The number of halogens is 2. The summed E-state index contributed by atoms with van der Waals surface area (Å²) in [6, 6.07) is 0. The van der Waals surface area contributed by atoms with Gasteiger partial charge in [0.25, 0.3) is 0 Å². The largest absolute Gasteiger partial charge is 0.464 e. The number of hydrazine groups is 1. The van der Waals surface area contributed by atoms with E-state index in [9.17, 15) is 18.4 Å². The van der Waals surface area contributed by atoms with Crippen molar-refractivity contribution in [2.24, 2.45) is 5.92 Å². The molecule has 1 aliphatic carbocycles. The Labute approximate surface area is 96.2 Å². The highest BCUT2D eigenvalue weighted by molar-refractivity contribution is 5.71. The van der Waals surface area contributed by atoms with Crippen molar-refractivity contribution in [3.63, 3.8) is 0 Å². The van der Waals surface area contributed by atoms with E-state index in [1.165, 1.54) is 0 Å². The Morgan fingerprint density at radius 2 is 1.82 bits per heavy atom. The van der Waals surface area contributed by atoms with Crippen LogP contribution in [-0.4, -0.2) is 39.9 Å². The molecule has 0 atom stereocenters. The second-order valence-corrected chi connectivity index (χ2v) is 4.11. The first-order valence-corrected chi connectivity index (χ1v) is 5.18. The van der Waals surface area contributed by atoms with Gasteiger partial charge in [0, 0.05) is 19.4 Å². The minimum Gasteiger partial charge on any atom is -0.464 e. The summed E-state index contributed by atoms with van der Waals surface area (Å²) in [5.41, 5.74) is 1.71. The minimum absolute atomic E-state index is 0.0995. The zero-order valence-electron chi connectivity index (χ0n) is 9.03. The molecular formula is C9H14F2N2O4. The van der Waals surface area contributed by atoms with Crippen molar-refractivity contribution in [2.75, 3.05) is 6.54 Å². The number of hydrogen-bond donors (Lipinski definition) is 3. The highest BCUT2D eigenvalue weighted by Gasteiger charge is 2.36. The van der Waals surface area contributed by atoms with Crippen LogP contribution in [0.15, 0.2) is 0 Å². The molecule has 0 bridgehead atoms. The van der Waals surface area contributed by atoms with Gasteiger partial charge in [-0.1, -0.05) is 0 Å². The number of carbonyl (C=O) groups is 2. The summed E-state index contributed by atoms with van der Waals surface area (Å²) in [7, 11) is 0. The lowest BCUT2D eigenvalue weighted by molar-refractivity contribution is -0.0492. The number of nitrogens with zero attached hydrogens (tertiary/aromatic N) is 1. The average Bonchev–Trinajstić information content (AvgIpc) is 2.19. The van der Waals surface area contributed by atoms with E-state index >= 15 is 0 Å². The fourth-order valence-corrected chi connectivity index (χ4v) is 1.83. The van der Waals surface area contributed by atoms with Crippen molar-refractivity contribution < 1.29 is 28.6 Å².